The maximum atomic E-state index is 12.8. The van der Waals surface area contributed by atoms with E-state index in [9.17, 15) is 13.5 Å². The zero-order valence-electron chi connectivity index (χ0n) is 16.7. The number of sulfonamides is 1. The van der Waals surface area contributed by atoms with E-state index in [-0.39, 0.29) is 27.7 Å². The molecule has 3 aromatic heterocycles. The number of nitrogens with zero attached hydrogens (tertiary/aromatic N) is 3. The highest BCUT2D eigenvalue weighted by molar-refractivity contribution is 7.91. The second-order valence-electron chi connectivity index (χ2n) is 7.26. The Morgan fingerprint density at radius 2 is 2.10 bits per heavy atom. The van der Waals surface area contributed by atoms with Crippen LogP contribution in [0.1, 0.15) is 43.6 Å². The molecule has 30 heavy (non-hydrogen) atoms. The Morgan fingerprint density at radius 3 is 2.73 bits per heavy atom. The minimum atomic E-state index is -3.73. The molecule has 9 nitrogen and oxygen atoms in total. The molecular weight excluding hydrogens is 446 g/mol. The Bertz CT molecular complexity index is 1130. The van der Waals surface area contributed by atoms with Gasteiger partial charge in [-0.05, 0) is 37.8 Å². The van der Waals surface area contributed by atoms with E-state index in [0.29, 0.717) is 11.6 Å². The predicted molar refractivity (Wildman–Crippen MR) is 117 cm³/mol. The Morgan fingerprint density at radius 1 is 1.37 bits per heavy atom. The molecule has 1 atom stereocenters. The molecule has 0 unspecified atom stereocenters. The standard InChI is InChI=1S/C18H23N5O4S3/c1-4-12(14-7-10(2)8-27-14)19-16-17(22-29-21-16)20-13-9-28-18(15(13)24)30(25,26)23(3)11-5-6-11/h7-9,11-12,24H,4-6H2,1-3H3,(H,19,21)(H,20,22)/t12-/m1/s1. The SMILES string of the molecule is CC[C@@H](Nc1nsnc1Nc1csc(S(=O)(=O)N(C)C2CC2)c1O)c1cc(C)co1. The summed E-state index contributed by atoms with van der Waals surface area (Å²) in [5.41, 5.74) is 1.31. The van der Waals surface area contributed by atoms with Crippen LogP contribution in [0.25, 0.3) is 0 Å². The molecule has 0 spiro atoms. The first kappa shape index (κ1) is 21.1. The van der Waals surface area contributed by atoms with Crippen LogP contribution in [0.15, 0.2) is 26.3 Å². The lowest BCUT2D eigenvalue weighted by Gasteiger charge is -2.16. The van der Waals surface area contributed by atoms with Gasteiger partial charge in [-0.1, -0.05) is 6.92 Å². The number of thiophene rings is 1. The molecule has 1 aliphatic rings. The number of aromatic nitrogens is 2. The number of aryl methyl sites for hydroxylation is 1. The highest BCUT2D eigenvalue weighted by Crippen LogP contribution is 2.43. The second kappa shape index (κ2) is 8.17. The van der Waals surface area contributed by atoms with Crippen LogP contribution in [0.2, 0.25) is 0 Å². The van der Waals surface area contributed by atoms with Crippen molar-refractivity contribution in [2.45, 2.75) is 49.4 Å². The summed E-state index contributed by atoms with van der Waals surface area (Å²) in [4.78, 5) is 0. The Labute approximate surface area is 183 Å². The molecule has 0 saturated heterocycles. The number of hydrogen-bond acceptors (Lipinski definition) is 10. The third kappa shape index (κ3) is 4.04. The third-order valence-corrected chi connectivity index (χ3v) is 8.89. The van der Waals surface area contributed by atoms with Gasteiger partial charge in [-0.2, -0.15) is 13.1 Å². The van der Waals surface area contributed by atoms with Crippen LogP contribution < -0.4 is 10.6 Å². The zero-order chi connectivity index (χ0) is 21.5. The highest BCUT2D eigenvalue weighted by atomic mass is 32.2. The zero-order valence-corrected chi connectivity index (χ0v) is 19.2. The molecule has 3 N–H and O–H groups in total. The lowest BCUT2D eigenvalue weighted by Crippen LogP contribution is -2.28. The average molecular weight is 470 g/mol. The summed E-state index contributed by atoms with van der Waals surface area (Å²) >= 11 is 1.99. The van der Waals surface area contributed by atoms with Crippen LogP contribution >= 0.6 is 23.1 Å². The van der Waals surface area contributed by atoms with Crippen molar-refractivity contribution in [2.24, 2.45) is 0 Å². The summed E-state index contributed by atoms with van der Waals surface area (Å²) in [6, 6.07) is 1.89. The van der Waals surface area contributed by atoms with E-state index in [2.05, 4.69) is 19.4 Å². The molecule has 4 rings (SSSR count). The molecule has 0 radical (unpaired) electrons. The van der Waals surface area contributed by atoms with Gasteiger partial charge in [0.2, 0.25) is 0 Å². The fraction of sp³-hybridized carbons (Fsp3) is 0.444. The van der Waals surface area contributed by atoms with Gasteiger partial charge < -0.3 is 20.2 Å². The molecule has 12 heteroatoms. The van der Waals surface area contributed by atoms with Crippen molar-refractivity contribution in [3.8, 4) is 5.75 Å². The molecule has 162 valence electrons. The van der Waals surface area contributed by atoms with Crippen LogP contribution in [0.4, 0.5) is 17.3 Å². The van der Waals surface area contributed by atoms with Crippen LogP contribution in [0.3, 0.4) is 0 Å². The van der Waals surface area contributed by atoms with E-state index in [1.807, 2.05) is 19.9 Å². The van der Waals surface area contributed by atoms with Gasteiger partial charge in [0.15, 0.2) is 21.6 Å². The van der Waals surface area contributed by atoms with E-state index in [4.69, 9.17) is 4.42 Å². The summed E-state index contributed by atoms with van der Waals surface area (Å²) < 4.78 is 40.9. The van der Waals surface area contributed by atoms with E-state index >= 15 is 0 Å². The van der Waals surface area contributed by atoms with E-state index < -0.39 is 10.0 Å². The third-order valence-electron chi connectivity index (χ3n) is 4.96. The molecule has 1 fully saturated rings. The Balaban J connectivity index is 1.54. The normalized spacial score (nSPS) is 15.5. The topological polar surface area (TPSA) is 121 Å². The number of anilines is 3. The molecule has 1 aliphatic carbocycles. The van der Waals surface area contributed by atoms with Crippen LogP contribution in [0, 0.1) is 6.92 Å². The summed E-state index contributed by atoms with van der Waals surface area (Å²) in [6.07, 6.45) is 4.16. The summed E-state index contributed by atoms with van der Waals surface area (Å²) in [5.74, 6) is 1.41. The summed E-state index contributed by atoms with van der Waals surface area (Å²) in [5, 5.41) is 18.4. The van der Waals surface area contributed by atoms with Gasteiger partial charge in [-0.3, -0.25) is 0 Å². The first-order valence-corrected chi connectivity index (χ1v) is 12.6. The fourth-order valence-electron chi connectivity index (χ4n) is 3.04. The average Bonchev–Trinajstić information content (AvgIpc) is 3.15. The van der Waals surface area contributed by atoms with Gasteiger partial charge in [0.25, 0.3) is 10.0 Å². The van der Waals surface area contributed by atoms with E-state index in [0.717, 1.165) is 53.7 Å². The number of hydrogen-bond donors (Lipinski definition) is 3. The maximum absolute atomic E-state index is 12.8. The Kier molecular flexibility index (Phi) is 5.75. The van der Waals surface area contributed by atoms with Gasteiger partial charge in [0.1, 0.15) is 5.76 Å². The van der Waals surface area contributed by atoms with Crippen LogP contribution in [-0.2, 0) is 10.0 Å². The Hall–Kier alpha value is -2.15. The second-order valence-corrected chi connectivity index (χ2v) is 10.9. The van der Waals surface area contributed by atoms with Gasteiger partial charge in [-0.25, -0.2) is 8.42 Å². The molecule has 0 amide bonds. The number of aromatic hydroxyl groups is 1. The minimum absolute atomic E-state index is 0.0164. The number of nitrogens with one attached hydrogen (secondary N) is 2. The van der Waals surface area contributed by atoms with E-state index in [1.54, 1.807) is 18.7 Å². The van der Waals surface area contributed by atoms with Crippen molar-refractivity contribution in [1.82, 2.24) is 13.1 Å². The van der Waals surface area contributed by atoms with Gasteiger partial charge >= 0.3 is 0 Å². The fourth-order valence-corrected chi connectivity index (χ4v) is 6.33. The van der Waals surface area contributed by atoms with Crippen molar-refractivity contribution in [1.29, 1.82) is 0 Å². The minimum Gasteiger partial charge on any atom is -0.504 e. The van der Waals surface area contributed by atoms with E-state index in [1.165, 1.54) is 4.31 Å². The van der Waals surface area contributed by atoms with Crippen molar-refractivity contribution < 1.29 is 17.9 Å². The van der Waals surface area contributed by atoms with Crippen LogP contribution in [0.5, 0.6) is 5.75 Å². The molecule has 3 heterocycles. The summed E-state index contributed by atoms with van der Waals surface area (Å²) in [7, 11) is -2.18. The van der Waals surface area contributed by atoms with Crippen LogP contribution in [-0.4, -0.2) is 39.7 Å². The molecule has 3 aromatic rings. The van der Waals surface area contributed by atoms with Gasteiger partial charge in [0, 0.05) is 18.5 Å². The quantitative estimate of drug-likeness (QED) is 0.424. The molecule has 0 bridgehead atoms. The number of furan rings is 1. The predicted octanol–water partition coefficient (Wildman–Crippen LogP) is 4.30. The molecule has 1 saturated carbocycles. The highest BCUT2D eigenvalue weighted by Gasteiger charge is 2.37. The largest absolute Gasteiger partial charge is 0.504 e. The lowest BCUT2D eigenvalue weighted by molar-refractivity contribution is 0.445. The van der Waals surface area contributed by atoms with Crippen molar-refractivity contribution in [3.05, 3.63) is 29.0 Å². The van der Waals surface area contributed by atoms with Crippen molar-refractivity contribution in [2.75, 3.05) is 17.7 Å². The van der Waals surface area contributed by atoms with Gasteiger partial charge in [0.05, 0.1) is 29.7 Å². The summed E-state index contributed by atoms with van der Waals surface area (Å²) in [6.45, 7) is 3.99. The lowest BCUT2D eigenvalue weighted by atomic mass is 10.1. The molecule has 0 aromatic carbocycles. The van der Waals surface area contributed by atoms with Crippen molar-refractivity contribution in [3.63, 3.8) is 0 Å². The van der Waals surface area contributed by atoms with Crippen molar-refractivity contribution >= 4 is 50.4 Å². The monoisotopic (exact) mass is 469 g/mol. The first-order chi connectivity index (χ1) is 14.3. The first-order valence-electron chi connectivity index (χ1n) is 9.50. The maximum Gasteiger partial charge on any atom is 0.256 e. The van der Waals surface area contributed by atoms with Gasteiger partial charge in [-0.15, -0.1) is 11.3 Å². The molecule has 0 aliphatic heterocycles. The number of rotatable bonds is 9. The smallest absolute Gasteiger partial charge is 0.256 e. The molecular formula is C18H23N5O4S3.